The van der Waals surface area contributed by atoms with Crippen molar-refractivity contribution in [1.82, 2.24) is 38.5 Å². The zero-order chi connectivity index (χ0) is 53.8. The molecule has 1 unspecified atom stereocenters. The zero-order valence-electron chi connectivity index (χ0n) is 38.6. The normalized spacial score (nSPS) is 21.3. The first kappa shape index (κ1) is 53.3. The van der Waals surface area contributed by atoms with Crippen LogP contribution in [0.1, 0.15) is 66.9 Å². The van der Waals surface area contributed by atoms with Crippen LogP contribution in [0.15, 0.2) is 112 Å². The van der Waals surface area contributed by atoms with Gasteiger partial charge in [0, 0.05) is 77.7 Å². The Morgan fingerprint density at radius 3 is 1.35 bits per heavy atom. The number of benzene rings is 2. The van der Waals surface area contributed by atoms with Crippen LogP contribution in [-0.2, 0) is 54.8 Å². The molecular weight excluding hydrogens is 1110 g/mol. The van der Waals surface area contributed by atoms with Crippen molar-refractivity contribution in [2.24, 2.45) is 11.8 Å². The highest BCUT2D eigenvalue weighted by molar-refractivity contribution is 9.10. The monoisotopic (exact) mass is 1140 g/mol. The predicted octanol–water partition coefficient (Wildman–Crippen LogP) is 8.73. The maximum Gasteiger partial charge on any atom is 0.451 e. The molecule has 0 spiro atoms. The van der Waals surface area contributed by atoms with Gasteiger partial charge in [-0.25, -0.2) is 45.6 Å². The third-order valence-electron chi connectivity index (χ3n) is 13.6. The van der Waals surface area contributed by atoms with E-state index in [-0.39, 0.29) is 93.3 Å². The smallest absolute Gasteiger partial charge is 0.298 e. The zero-order valence-corrected chi connectivity index (χ0v) is 41.8. The summed E-state index contributed by atoms with van der Waals surface area (Å²) in [5, 5.41) is 9.49. The van der Waals surface area contributed by atoms with Gasteiger partial charge < -0.3 is 0 Å². The highest BCUT2D eigenvalue weighted by atomic mass is 79.9. The van der Waals surface area contributed by atoms with Crippen molar-refractivity contribution in [2.75, 3.05) is 0 Å². The fourth-order valence-corrected chi connectivity index (χ4v) is 14.0. The van der Waals surface area contributed by atoms with E-state index in [4.69, 9.17) is 0 Å². The van der Waals surface area contributed by atoms with Crippen LogP contribution >= 0.6 is 15.9 Å². The lowest BCUT2D eigenvalue weighted by atomic mass is 9.81. The van der Waals surface area contributed by atoms with Gasteiger partial charge in [0.1, 0.15) is 17.7 Å². The summed E-state index contributed by atoms with van der Waals surface area (Å²) in [6, 6.07) is 11.9. The first-order valence-electron chi connectivity index (χ1n) is 22.9. The first-order valence-corrected chi connectivity index (χ1v) is 26.6. The number of nitriles is 1. The summed E-state index contributed by atoms with van der Waals surface area (Å²) in [5.74, 6) is -4.38. The fraction of sp³-hybridized carbons (Fsp3) is 0.327. The van der Waals surface area contributed by atoms with Crippen LogP contribution in [0.4, 0.5) is 35.1 Å². The van der Waals surface area contributed by atoms with E-state index in [9.17, 15) is 66.8 Å². The minimum Gasteiger partial charge on any atom is -0.298 e. The molecular formula is C49H38BrF8N9O6S2. The summed E-state index contributed by atoms with van der Waals surface area (Å²) in [4.78, 5) is 48.1. The molecule has 6 aromatic rings. The van der Waals surface area contributed by atoms with Gasteiger partial charge in [-0.2, -0.15) is 40.2 Å². The van der Waals surface area contributed by atoms with Gasteiger partial charge in [-0.3, -0.25) is 19.6 Å². The number of alkyl halides is 6. The number of ketones is 2. The summed E-state index contributed by atoms with van der Waals surface area (Å²) in [5.41, 5.74) is 2.33. The molecule has 6 aliphatic rings. The molecule has 2 aliphatic carbocycles. The first-order chi connectivity index (χ1) is 35.4. The van der Waals surface area contributed by atoms with Crippen molar-refractivity contribution < 1.29 is 61.5 Å². The van der Waals surface area contributed by atoms with Crippen molar-refractivity contribution >= 4 is 47.5 Å². The number of halogens is 9. The lowest BCUT2D eigenvalue weighted by Gasteiger charge is -2.25. The van der Waals surface area contributed by atoms with Crippen LogP contribution in [0.5, 0.6) is 0 Å². The fourth-order valence-electron chi connectivity index (χ4n) is 9.84. The van der Waals surface area contributed by atoms with Gasteiger partial charge in [0.25, 0.3) is 0 Å². The Morgan fingerprint density at radius 1 is 0.587 bits per heavy atom. The average Bonchev–Trinajstić information content (AvgIpc) is 4.15. The molecule has 2 atom stereocenters. The van der Waals surface area contributed by atoms with Gasteiger partial charge in [0.2, 0.25) is 31.7 Å². The summed E-state index contributed by atoms with van der Waals surface area (Å²) >= 11 is 3.38. The molecule has 4 aromatic heterocycles. The maximum absolute atomic E-state index is 13.3. The van der Waals surface area contributed by atoms with Crippen LogP contribution < -0.4 is 0 Å². The van der Waals surface area contributed by atoms with E-state index >= 15 is 0 Å². The lowest BCUT2D eigenvalue weighted by Crippen LogP contribution is -2.41. The summed E-state index contributed by atoms with van der Waals surface area (Å²) in [6.07, 6.45) is 0.0723. The van der Waals surface area contributed by atoms with Gasteiger partial charge in [-0.1, -0.05) is 0 Å². The number of carbonyl (C=O) groups is 2. The maximum atomic E-state index is 13.3. The average molecular weight is 1140 g/mol. The molecule has 2 saturated carbocycles. The van der Waals surface area contributed by atoms with Crippen LogP contribution in [-0.4, -0.2) is 91.1 Å². The Morgan fingerprint density at radius 2 is 0.960 bits per heavy atom. The Hall–Kier alpha value is -6.53. The number of pyridine rings is 2. The van der Waals surface area contributed by atoms with Crippen LogP contribution in [0.25, 0.3) is 22.5 Å². The van der Waals surface area contributed by atoms with Crippen molar-refractivity contribution in [3.8, 4) is 28.6 Å². The molecule has 4 bridgehead atoms. The molecule has 0 N–H and O–H groups in total. The van der Waals surface area contributed by atoms with Crippen molar-refractivity contribution in [3.05, 3.63) is 142 Å². The second-order valence-electron chi connectivity index (χ2n) is 18.3. The number of nitrogens with zero attached hydrogens (tertiary/aromatic N) is 9. The van der Waals surface area contributed by atoms with Crippen LogP contribution in [0, 0.1) is 34.8 Å². The Balaban J connectivity index is 0.000000184. The predicted molar refractivity (Wildman–Crippen MR) is 251 cm³/mol. The van der Waals surface area contributed by atoms with Crippen LogP contribution in [0.3, 0.4) is 0 Å². The van der Waals surface area contributed by atoms with Crippen molar-refractivity contribution in [3.63, 3.8) is 0 Å². The van der Waals surface area contributed by atoms with E-state index in [2.05, 4.69) is 45.8 Å². The molecule has 6 fully saturated rings. The summed E-state index contributed by atoms with van der Waals surface area (Å²) in [6.45, 7) is 0. The van der Waals surface area contributed by atoms with E-state index in [1.54, 1.807) is 6.07 Å². The molecule has 2 aromatic carbocycles. The quantitative estimate of drug-likeness (QED) is 0.0936. The molecule has 75 heavy (non-hydrogen) atoms. The lowest BCUT2D eigenvalue weighted by molar-refractivity contribution is -0.145. The number of hydrogen-bond donors (Lipinski definition) is 0. The molecule has 4 saturated heterocycles. The number of aryl methyl sites for hydroxylation is 2. The third-order valence-corrected chi connectivity index (χ3v) is 18.2. The highest BCUT2D eigenvalue weighted by Gasteiger charge is 2.59. The molecule has 8 heterocycles. The number of aromatic nitrogens is 6. The van der Waals surface area contributed by atoms with E-state index < -0.39 is 67.8 Å². The summed E-state index contributed by atoms with van der Waals surface area (Å²) in [7, 11) is -7.99. The number of carbonyl (C=O) groups excluding carboxylic acids is 2. The topological polar surface area (TPSA) is 210 Å². The van der Waals surface area contributed by atoms with E-state index in [0.29, 0.717) is 47.0 Å². The van der Waals surface area contributed by atoms with Gasteiger partial charge in [-0.05, 0) is 138 Å². The Bertz CT molecular complexity index is 3430. The second-order valence-corrected chi connectivity index (χ2v) is 22.8. The minimum absolute atomic E-state index is 0.0505. The van der Waals surface area contributed by atoms with Crippen molar-refractivity contribution in [2.45, 2.75) is 97.7 Å². The number of sulfonamides is 2. The minimum atomic E-state index is -4.69. The van der Waals surface area contributed by atoms with Crippen molar-refractivity contribution in [1.29, 1.82) is 5.26 Å². The third kappa shape index (κ3) is 10.8. The Kier molecular flexibility index (Phi) is 14.6. The number of Topliss-reactive ketones (excluding diaryl/α,β-unsaturated/α-hetero) is 2. The number of rotatable bonds is 14. The van der Waals surface area contributed by atoms with E-state index in [1.807, 2.05) is 6.07 Å². The molecule has 0 radical (unpaired) electrons. The molecule has 390 valence electrons. The van der Waals surface area contributed by atoms with E-state index in [1.165, 1.54) is 51.3 Å². The molecule has 0 amide bonds. The standard InChI is InChI=1S/C25H19F4N5O3S.C24H19BrF4N4O3S/c26-18-2-4-20(5-3-18)38(36,37)34-19-7-15(8-19)23(34)22(35)6-1-14-9-21(31-11-16(14)10-30)17-12-32-24(33-13-17)25(27,28)29;25-19-12-30-20(15-10-31-23(32-11-15)24(27,28)29)9-13(19)1-6-21(34)22-14-7-17(8-14)33(22)37(35,36)18-4-2-16(26)3-5-18/h2-5,9,11-13,15,19,23H,1,6-8H2;2-5,9-12,14,17,22H,1,6-8H2/t15?,19?,23-;/m0./s1. The van der Waals surface area contributed by atoms with Gasteiger partial charge in [0.05, 0.1) is 38.8 Å². The highest BCUT2D eigenvalue weighted by Crippen LogP contribution is 2.50. The number of hydrogen-bond acceptors (Lipinski definition) is 13. The van der Waals surface area contributed by atoms with Crippen LogP contribution in [0.2, 0.25) is 0 Å². The molecule has 12 rings (SSSR count). The summed E-state index contributed by atoms with van der Waals surface area (Å²) < 4.78 is 159. The van der Waals surface area contributed by atoms with Gasteiger partial charge in [0.15, 0.2) is 11.6 Å². The number of fused-ring (bicyclic) bond motifs is 2. The van der Waals surface area contributed by atoms with Gasteiger partial charge >= 0.3 is 12.4 Å². The SMILES string of the molecule is N#Cc1cnc(-c2cnc(C(F)(F)F)nc2)cc1CCC(=O)[C@@H]1C2CC(C2)N1S(=O)(=O)c1ccc(F)cc1.O=C(CCc1cc(-c2cnc(C(F)(F)F)nc2)ncc1Br)C1C2CC(C2)N1S(=O)(=O)c1ccc(F)cc1. The molecule has 4 aliphatic heterocycles. The largest absolute Gasteiger partial charge is 0.451 e. The van der Waals surface area contributed by atoms with E-state index in [0.717, 1.165) is 49.1 Å². The Labute approximate surface area is 431 Å². The van der Waals surface area contributed by atoms with Gasteiger partial charge in [-0.15, -0.1) is 0 Å². The second kappa shape index (κ2) is 20.5. The molecule has 26 heteroatoms. The molecule has 15 nitrogen and oxygen atoms in total.